The molecule has 1 aromatic heterocycles. The van der Waals surface area contributed by atoms with Gasteiger partial charge in [0.25, 0.3) is 0 Å². The number of ketones is 1. The monoisotopic (exact) mass is 337 g/mol. The van der Waals surface area contributed by atoms with E-state index in [0.29, 0.717) is 11.8 Å². The minimum Gasteiger partial charge on any atom is -0.294 e. The molecule has 124 valence electrons. The summed E-state index contributed by atoms with van der Waals surface area (Å²) < 4.78 is 0. The van der Waals surface area contributed by atoms with Crippen LogP contribution >= 0.6 is 0 Å². The molecule has 0 aliphatic heterocycles. The van der Waals surface area contributed by atoms with Crippen molar-refractivity contribution in [1.29, 1.82) is 0 Å². The minimum atomic E-state index is -0.498. The third-order valence-electron chi connectivity index (χ3n) is 4.45. The number of pyridine rings is 1. The molecule has 0 unspecified atom stereocenters. The summed E-state index contributed by atoms with van der Waals surface area (Å²) in [6.45, 7) is 0. The third-order valence-corrected chi connectivity index (χ3v) is 4.45. The van der Waals surface area contributed by atoms with Gasteiger partial charge in [-0.1, -0.05) is 54.6 Å². The van der Waals surface area contributed by atoms with E-state index in [4.69, 9.17) is 0 Å². The van der Waals surface area contributed by atoms with E-state index < -0.39 is 5.78 Å². The molecule has 26 heavy (non-hydrogen) atoms. The maximum atomic E-state index is 12.3. The summed E-state index contributed by atoms with van der Waals surface area (Å²) in [6, 6.07) is 19.4. The van der Waals surface area contributed by atoms with Crippen molar-refractivity contribution in [3.05, 3.63) is 89.7 Å². The molecule has 4 rings (SSSR count). The van der Waals surface area contributed by atoms with Gasteiger partial charge in [0.1, 0.15) is 0 Å². The van der Waals surface area contributed by atoms with Crippen LogP contribution in [0.4, 0.5) is 0 Å². The Morgan fingerprint density at radius 2 is 1.58 bits per heavy atom. The Kier molecular flexibility index (Phi) is 4.12. The summed E-state index contributed by atoms with van der Waals surface area (Å²) >= 11 is 0. The third kappa shape index (κ3) is 2.80. The second kappa shape index (κ2) is 6.73. The Labute approximate surface area is 150 Å². The number of hydrogen-bond donors (Lipinski definition) is 0. The quantitative estimate of drug-likeness (QED) is 0.229. The van der Waals surface area contributed by atoms with Crippen LogP contribution in [0.2, 0.25) is 0 Å². The first-order chi connectivity index (χ1) is 12.8. The molecule has 0 radical (unpaired) electrons. The van der Waals surface area contributed by atoms with Crippen LogP contribution in [0.1, 0.15) is 21.5 Å². The van der Waals surface area contributed by atoms with E-state index in [1.165, 1.54) is 0 Å². The molecule has 0 fully saturated rings. The van der Waals surface area contributed by atoms with E-state index in [-0.39, 0.29) is 0 Å². The molecule has 0 saturated carbocycles. The molecule has 4 aromatic rings. The Balaban J connectivity index is 1.99. The number of carbonyl (C=O) groups excluding carboxylic acids is 2. The summed E-state index contributed by atoms with van der Waals surface area (Å²) in [4.78, 5) is 27.6. The lowest BCUT2D eigenvalue weighted by molar-refractivity contribution is -0.104. The van der Waals surface area contributed by atoms with Gasteiger partial charge in [0.2, 0.25) is 5.78 Å². The van der Waals surface area contributed by atoms with Crippen molar-refractivity contribution in [3.63, 3.8) is 0 Å². The van der Waals surface area contributed by atoms with Gasteiger partial charge < -0.3 is 0 Å². The number of hydrogen-bond acceptors (Lipinski definition) is 3. The molecule has 3 nitrogen and oxygen atoms in total. The maximum absolute atomic E-state index is 12.3. The van der Waals surface area contributed by atoms with E-state index in [1.807, 2.05) is 66.7 Å². The highest BCUT2D eigenvalue weighted by Gasteiger charge is 2.15. The predicted molar refractivity (Wildman–Crippen MR) is 105 cm³/mol. The van der Waals surface area contributed by atoms with Gasteiger partial charge in [0.15, 0.2) is 6.29 Å². The van der Waals surface area contributed by atoms with Gasteiger partial charge in [0, 0.05) is 18.0 Å². The number of nitrogens with zero attached hydrogens (tertiary/aromatic N) is 1. The number of fused-ring (bicyclic) bond motifs is 2. The first kappa shape index (κ1) is 15.9. The van der Waals surface area contributed by atoms with Gasteiger partial charge in [-0.25, -0.2) is 0 Å². The molecule has 0 N–H and O–H groups in total. The van der Waals surface area contributed by atoms with E-state index in [9.17, 15) is 9.59 Å². The van der Waals surface area contributed by atoms with Gasteiger partial charge in [0.05, 0.1) is 0 Å². The van der Waals surface area contributed by atoms with Crippen LogP contribution in [0.5, 0.6) is 0 Å². The Morgan fingerprint density at radius 3 is 2.38 bits per heavy atom. The fourth-order valence-corrected chi connectivity index (χ4v) is 3.24. The number of aromatic nitrogens is 1. The zero-order valence-corrected chi connectivity index (χ0v) is 13.9. The second-order valence-electron chi connectivity index (χ2n) is 6.01. The summed E-state index contributed by atoms with van der Waals surface area (Å²) in [5.41, 5.74) is 2.50. The first-order valence-corrected chi connectivity index (χ1v) is 8.30. The van der Waals surface area contributed by atoms with E-state index in [0.717, 1.165) is 32.7 Å². The summed E-state index contributed by atoms with van der Waals surface area (Å²) in [7, 11) is 0. The topological polar surface area (TPSA) is 47.0 Å². The molecule has 1 heterocycles. The largest absolute Gasteiger partial charge is 0.294 e. The lowest BCUT2D eigenvalue weighted by Crippen LogP contribution is -2.02. The van der Waals surface area contributed by atoms with Gasteiger partial charge in [-0.3, -0.25) is 14.6 Å². The fourth-order valence-electron chi connectivity index (χ4n) is 3.24. The van der Waals surface area contributed by atoms with E-state index in [1.54, 1.807) is 12.4 Å². The normalized spacial score (nSPS) is 11.2. The maximum Gasteiger partial charge on any atom is 0.226 e. The van der Waals surface area contributed by atoms with Crippen molar-refractivity contribution < 1.29 is 9.59 Å². The highest BCUT2D eigenvalue weighted by Crippen LogP contribution is 2.31. The van der Waals surface area contributed by atoms with Crippen LogP contribution in [0.15, 0.2) is 73.1 Å². The van der Waals surface area contributed by atoms with E-state index >= 15 is 0 Å². The first-order valence-electron chi connectivity index (χ1n) is 8.30. The molecule has 0 spiro atoms. The fraction of sp³-hybridized carbons (Fsp3) is 0. The Hall–Kier alpha value is -3.59. The van der Waals surface area contributed by atoms with Gasteiger partial charge in [-0.15, -0.1) is 0 Å². The van der Waals surface area contributed by atoms with Crippen molar-refractivity contribution in [3.8, 4) is 0 Å². The second-order valence-corrected chi connectivity index (χ2v) is 6.01. The number of carbonyl (C=O) groups is 2. The predicted octanol–water partition coefficient (Wildman–Crippen LogP) is 4.94. The van der Waals surface area contributed by atoms with Gasteiger partial charge in [-0.05, 0) is 50.9 Å². The van der Waals surface area contributed by atoms with Crippen LogP contribution in [0.3, 0.4) is 0 Å². The average molecular weight is 337 g/mol. The van der Waals surface area contributed by atoms with Crippen LogP contribution in [0.25, 0.3) is 33.7 Å². The average Bonchev–Trinajstić information content (AvgIpc) is 2.70. The van der Waals surface area contributed by atoms with Crippen molar-refractivity contribution in [2.24, 2.45) is 0 Å². The summed E-state index contributed by atoms with van der Waals surface area (Å²) in [6.07, 6.45) is 7.91. The van der Waals surface area contributed by atoms with Crippen molar-refractivity contribution in [2.75, 3.05) is 0 Å². The minimum absolute atomic E-state index is 0.390. The molecule has 0 bridgehead atoms. The van der Waals surface area contributed by atoms with Crippen LogP contribution in [-0.4, -0.2) is 17.1 Å². The Bertz CT molecular complexity index is 1160. The molecule has 3 heteroatoms. The smallest absolute Gasteiger partial charge is 0.226 e. The van der Waals surface area contributed by atoms with Crippen LogP contribution < -0.4 is 0 Å². The van der Waals surface area contributed by atoms with Gasteiger partial charge >= 0.3 is 0 Å². The van der Waals surface area contributed by atoms with Crippen molar-refractivity contribution in [2.45, 2.75) is 0 Å². The summed E-state index contributed by atoms with van der Waals surface area (Å²) in [5.74, 6) is -0.498. The molecule has 0 saturated heterocycles. The number of Topliss-reactive ketones (excluding diaryl/α,β-unsaturated/α-hetero) is 1. The SMILES string of the molecule is O=CC(=O)c1c2ccccc2cc2c(/C=C/c3ccncc3)cccc12. The van der Waals surface area contributed by atoms with Gasteiger partial charge in [-0.2, -0.15) is 0 Å². The standard InChI is InChI=1S/C23H15NO2/c25-15-22(26)23-19-6-2-1-4-18(19)14-21-17(5-3-7-20(21)23)9-8-16-10-12-24-13-11-16/h1-15H/b9-8+. The molecule has 0 aliphatic rings. The lowest BCUT2D eigenvalue weighted by Gasteiger charge is -2.10. The lowest BCUT2D eigenvalue weighted by atomic mass is 9.92. The number of rotatable bonds is 4. The number of benzene rings is 3. The number of aldehydes is 1. The highest BCUT2D eigenvalue weighted by atomic mass is 16.2. The zero-order valence-electron chi connectivity index (χ0n) is 13.9. The molecule has 0 amide bonds. The molecular weight excluding hydrogens is 322 g/mol. The van der Waals surface area contributed by atoms with E-state index in [2.05, 4.69) is 11.1 Å². The van der Waals surface area contributed by atoms with Crippen molar-refractivity contribution in [1.82, 2.24) is 4.98 Å². The van der Waals surface area contributed by atoms with Crippen molar-refractivity contribution >= 4 is 45.8 Å². The molecule has 0 atom stereocenters. The molecule has 3 aromatic carbocycles. The van der Waals surface area contributed by atoms with Crippen LogP contribution in [0, 0.1) is 0 Å². The zero-order chi connectivity index (χ0) is 17.9. The highest BCUT2D eigenvalue weighted by molar-refractivity contribution is 6.40. The molecular formula is C23H15NO2. The molecule has 0 aliphatic carbocycles. The van der Waals surface area contributed by atoms with Crippen LogP contribution in [-0.2, 0) is 4.79 Å². The Morgan fingerprint density at radius 1 is 0.808 bits per heavy atom. The summed E-state index contributed by atoms with van der Waals surface area (Å²) in [5, 5.41) is 3.47.